The maximum atomic E-state index is 5.19. The van der Waals surface area contributed by atoms with Gasteiger partial charge in [0.1, 0.15) is 0 Å². The predicted molar refractivity (Wildman–Crippen MR) is 40.3 cm³/mol. The molecule has 11 heavy (non-hydrogen) atoms. The number of hydrogen-bond acceptors (Lipinski definition) is 4. The van der Waals surface area contributed by atoms with Crippen molar-refractivity contribution in [2.75, 3.05) is 26.4 Å². The summed E-state index contributed by atoms with van der Waals surface area (Å²) in [6.07, 6.45) is 0. The van der Waals surface area contributed by atoms with Crippen LogP contribution in [0.4, 0.5) is 0 Å². The highest BCUT2D eigenvalue weighted by Gasteiger charge is 2.37. The van der Waals surface area contributed by atoms with Gasteiger partial charge in [0.2, 0.25) is 0 Å². The van der Waals surface area contributed by atoms with E-state index in [4.69, 9.17) is 18.4 Å². The molecule has 0 saturated carbocycles. The van der Waals surface area contributed by atoms with E-state index >= 15 is 0 Å². The molecule has 4 nitrogen and oxygen atoms in total. The minimum atomic E-state index is -0.0556. The SMILES string of the molecule is [B]1OCC2(CO1)COPOC2. The summed E-state index contributed by atoms with van der Waals surface area (Å²) in [6.45, 7) is 2.63. The fraction of sp³-hybridized carbons (Fsp3) is 1.00. The molecule has 6 heteroatoms. The smallest absolute Gasteiger partial charge is 0.412 e. The Morgan fingerprint density at radius 2 is 1.64 bits per heavy atom. The molecule has 1 spiro atoms. The molecule has 2 saturated heterocycles. The number of hydrogen-bond donors (Lipinski definition) is 0. The Kier molecular flexibility index (Phi) is 2.44. The maximum Gasteiger partial charge on any atom is 0.488 e. The van der Waals surface area contributed by atoms with Crippen LogP contribution in [0.25, 0.3) is 0 Å². The Morgan fingerprint density at radius 1 is 1.00 bits per heavy atom. The second-order valence-corrected chi connectivity index (χ2v) is 3.62. The normalized spacial score (nSPS) is 29.8. The quantitative estimate of drug-likeness (QED) is 0.386. The van der Waals surface area contributed by atoms with Crippen LogP contribution in [0.5, 0.6) is 0 Å². The lowest BCUT2D eigenvalue weighted by molar-refractivity contribution is -0.0585. The monoisotopic (exact) mass is 175 g/mol. The van der Waals surface area contributed by atoms with Crippen molar-refractivity contribution in [3.63, 3.8) is 0 Å². The molecule has 2 aliphatic heterocycles. The van der Waals surface area contributed by atoms with E-state index in [0.29, 0.717) is 26.4 Å². The van der Waals surface area contributed by atoms with Gasteiger partial charge in [0.25, 0.3) is 0 Å². The molecule has 0 unspecified atom stereocenters. The van der Waals surface area contributed by atoms with Gasteiger partial charge in [-0.05, 0) is 0 Å². The Hall–Kier alpha value is 0.335. The summed E-state index contributed by atoms with van der Waals surface area (Å²) in [6, 6.07) is 0. The molecule has 0 N–H and O–H groups in total. The van der Waals surface area contributed by atoms with Crippen molar-refractivity contribution >= 4 is 16.7 Å². The fourth-order valence-electron chi connectivity index (χ4n) is 1.13. The van der Waals surface area contributed by atoms with Gasteiger partial charge in [-0.25, -0.2) is 0 Å². The van der Waals surface area contributed by atoms with Crippen LogP contribution in [0.15, 0.2) is 0 Å². The zero-order valence-electron chi connectivity index (χ0n) is 6.04. The standard InChI is InChI=1S/C5H9BO4P/c1-5(2-8-6-7-1)3-9-11-10-4-5/h11H,1-4H2. The van der Waals surface area contributed by atoms with Crippen molar-refractivity contribution in [3.05, 3.63) is 0 Å². The Balaban J connectivity index is 1.94. The van der Waals surface area contributed by atoms with E-state index in [0.717, 1.165) is 0 Å². The van der Waals surface area contributed by atoms with Crippen LogP contribution in [0.3, 0.4) is 0 Å². The molecule has 1 radical (unpaired) electrons. The van der Waals surface area contributed by atoms with Gasteiger partial charge in [-0.2, -0.15) is 0 Å². The second-order valence-electron chi connectivity index (χ2n) is 2.88. The van der Waals surface area contributed by atoms with Crippen LogP contribution in [0, 0.1) is 5.41 Å². The molecule has 2 heterocycles. The Labute approximate surface area is 67.8 Å². The fourth-order valence-corrected chi connectivity index (χ4v) is 1.94. The van der Waals surface area contributed by atoms with Gasteiger partial charge in [0, 0.05) is 13.2 Å². The summed E-state index contributed by atoms with van der Waals surface area (Å²) in [5.74, 6) is 0. The van der Waals surface area contributed by atoms with Crippen molar-refractivity contribution in [2.45, 2.75) is 0 Å². The third-order valence-electron chi connectivity index (χ3n) is 1.79. The van der Waals surface area contributed by atoms with Gasteiger partial charge in [-0.1, -0.05) is 0 Å². The highest BCUT2D eigenvalue weighted by Crippen LogP contribution is 2.33. The molecule has 0 aliphatic carbocycles. The molecule has 2 fully saturated rings. The lowest BCUT2D eigenvalue weighted by Gasteiger charge is -2.38. The number of rotatable bonds is 0. The minimum Gasteiger partial charge on any atom is -0.412 e. The minimum absolute atomic E-state index is 0.0556. The van der Waals surface area contributed by atoms with Crippen LogP contribution in [-0.4, -0.2) is 34.1 Å². The molecule has 0 atom stereocenters. The lowest BCUT2D eigenvalue weighted by atomic mass is 9.90. The van der Waals surface area contributed by atoms with Gasteiger partial charge in [0.05, 0.1) is 18.6 Å². The molecule has 0 aromatic rings. The van der Waals surface area contributed by atoms with Gasteiger partial charge < -0.3 is 18.4 Å². The van der Waals surface area contributed by atoms with Crippen LogP contribution in [-0.2, 0) is 18.4 Å². The molecule has 2 aliphatic rings. The van der Waals surface area contributed by atoms with Crippen LogP contribution < -0.4 is 0 Å². The van der Waals surface area contributed by atoms with Crippen molar-refractivity contribution in [3.8, 4) is 0 Å². The first kappa shape index (κ1) is 7.96. The first-order chi connectivity index (χ1) is 5.41. The van der Waals surface area contributed by atoms with Crippen molar-refractivity contribution in [1.29, 1.82) is 0 Å². The summed E-state index contributed by atoms with van der Waals surface area (Å²) < 4.78 is 20.5. The van der Waals surface area contributed by atoms with Crippen molar-refractivity contribution in [1.82, 2.24) is 0 Å². The largest absolute Gasteiger partial charge is 0.488 e. The highest BCUT2D eigenvalue weighted by atomic mass is 31.1. The molecule has 2 rings (SSSR count). The molecule has 0 aromatic heterocycles. The molecular formula is C5H9BO4P. The molecule has 0 bridgehead atoms. The Morgan fingerprint density at radius 3 is 2.27 bits per heavy atom. The van der Waals surface area contributed by atoms with E-state index in [2.05, 4.69) is 0 Å². The summed E-state index contributed by atoms with van der Waals surface area (Å²) in [5.41, 5.74) is -0.0556. The molecule has 61 valence electrons. The van der Waals surface area contributed by atoms with Gasteiger partial charge >= 0.3 is 7.69 Å². The van der Waals surface area contributed by atoms with Crippen LogP contribution in [0.2, 0.25) is 0 Å². The van der Waals surface area contributed by atoms with E-state index in [9.17, 15) is 0 Å². The summed E-state index contributed by atoms with van der Waals surface area (Å²) in [4.78, 5) is 0. The summed E-state index contributed by atoms with van der Waals surface area (Å²) in [5, 5.41) is 0. The van der Waals surface area contributed by atoms with E-state index in [-0.39, 0.29) is 14.4 Å². The topological polar surface area (TPSA) is 36.9 Å². The summed E-state index contributed by atoms with van der Waals surface area (Å²) in [7, 11) is 1.56. The van der Waals surface area contributed by atoms with Crippen LogP contribution >= 0.6 is 9.03 Å². The molecule has 0 aromatic carbocycles. The zero-order chi connectivity index (χ0) is 7.57. The average Bonchev–Trinajstić information content (AvgIpc) is 2.07. The maximum absolute atomic E-state index is 5.19. The van der Waals surface area contributed by atoms with Crippen molar-refractivity contribution < 1.29 is 18.4 Å². The predicted octanol–water partition coefficient (Wildman–Crippen LogP) is 0.109. The van der Waals surface area contributed by atoms with Gasteiger partial charge in [0.15, 0.2) is 9.03 Å². The zero-order valence-corrected chi connectivity index (χ0v) is 7.04. The van der Waals surface area contributed by atoms with E-state index in [1.807, 2.05) is 0 Å². The third-order valence-corrected chi connectivity index (χ3v) is 2.31. The third kappa shape index (κ3) is 1.74. The average molecular weight is 175 g/mol. The Bertz CT molecular complexity index is 113. The van der Waals surface area contributed by atoms with E-state index in [1.54, 1.807) is 0 Å². The lowest BCUT2D eigenvalue weighted by Crippen LogP contribution is -2.46. The van der Waals surface area contributed by atoms with Crippen molar-refractivity contribution in [2.24, 2.45) is 5.41 Å². The first-order valence-electron chi connectivity index (χ1n) is 3.45. The molecule has 0 amide bonds. The van der Waals surface area contributed by atoms with Crippen LogP contribution in [0.1, 0.15) is 0 Å². The molecular weight excluding hydrogens is 166 g/mol. The van der Waals surface area contributed by atoms with Gasteiger partial charge in [-0.15, -0.1) is 0 Å². The van der Waals surface area contributed by atoms with Gasteiger partial charge in [-0.3, -0.25) is 0 Å². The second kappa shape index (κ2) is 3.38. The van der Waals surface area contributed by atoms with E-state index < -0.39 is 0 Å². The highest BCUT2D eigenvalue weighted by molar-refractivity contribution is 7.26. The van der Waals surface area contributed by atoms with E-state index in [1.165, 1.54) is 7.69 Å². The summed E-state index contributed by atoms with van der Waals surface area (Å²) >= 11 is 0. The first-order valence-corrected chi connectivity index (χ1v) is 4.27.